The molecule has 1 aromatic carbocycles. The van der Waals surface area contributed by atoms with Gasteiger partial charge in [-0.25, -0.2) is 0 Å². The van der Waals surface area contributed by atoms with Crippen LogP contribution in [0, 0.1) is 0 Å². The van der Waals surface area contributed by atoms with Gasteiger partial charge in [0, 0.05) is 25.7 Å². The lowest BCUT2D eigenvalue weighted by molar-refractivity contribution is 0.0762. The summed E-state index contributed by atoms with van der Waals surface area (Å²) >= 11 is 0. The molecule has 5 nitrogen and oxygen atoms in total. The Labute approximate surface area is 137 Å². The van der Waals surface area contributed by atoms with Gasteiger partial charge in [0.05, 0.1) is 6.54 Å². The van der Waals surface area contributed by atoms with E-state index >= 15 is 0 Å². The second kappa shape index (κ2) is 8.48. The first-order valence-corrected chi connectivity index (χ1v) is 8.11. The first-order chi connectivity index (χ1) is 11.1. The van der Waals surface area contributed by atoms with Crippen LogP contribution >= 0.6 is 0 Å². The van der Waals surface area contributed by atoms with Gasteiger partial charge in [-0.15, -0.1) is 0 Å². The van der Waals surface area contributed by atoms with Crippen LogP contribution in [0.15, 0.2) is 40.9 Å². The van der Waals surface area contributed by atoms with Crippen molar-refractivity contribution in [1.29, 1.82) is 0 Å². The van der Waals surface area contributed by atoms with Gasteiger partial charge >= 0.3 is 0 Å². The third-order valence-corrected chi connectivity index (χ3v) is 3.88. The summed E-state index contributed by atoms with van der Waals surface area (Å²) in [5.74, 6) is 0.646. The van der Waals surface area contributed by atoms with Crippen molar-refractivity contribution in [3.8, 4) is 0 Å². The molecule has 0 N–H and O–H groups in total. The lowest BCUT2D eigenvalue weighted by Gasteiger charge is -2.16. The van der Waals surface area contributed by atoms with Crippen LogP contribution in [-0.2, 0) is 13.0 Å². The van der Waals surface area contributed by atoms with Crippen LogP contribution in [0.3, 0.4) is 0 Å². The highest BCUT2D eigenvalue weighted by atomic mass is 16.5. The van der Waals surface area contributed by atoms with Crippen molar-refractivity contribution in [2.75, 3.05) is 26.7 Å². The van der Waals surface area contributed by atoms with Crippen LogP contribution < -0.4 is 0 Å². The number of hydrogen-bond donors (Lipinski definition) is 0. The summed E-state index contributed by atoms with van der Waals surface area (Å²) in [7, 11) is 2.04. The molecule has 0 radical (unpaired) electrons. The quantitative estimate of drug-likeness (QED) is 0.751. The van der Waals surface area contributed by atoms with Gasteiger partial charge in [-0.2, -0.15) is 0 Å². The molecule has 0 aliphatic heterocycles. The Kier molecular flexibility index (Phi) is 6.35. The Balaban J connectivity index is 1.87. The van der Waals surface area contributed by atoms with E-state index in [1.54, 1.807) is 11.0 Å². The predicted molar refractivity (Wildman–Crippen MR) is 90.2 cm³/mol. The largest absolute Gasteiger partial charge is 0.359 e. The fraction of sp³-hybridized carbons (Fsp3) is 0.444. The van der Waals surface area contributed by atoms with Gasteiger partial charge in [-0.05, 0) is 32.9 Å². The summed E-state index contributed by atoms with van der Waals surface area (Å²) in [6.07, 6.45) is 0.983. The highest BCUT2D eigenvalue weighted by molar-refractivity contribution is 5.92. The van der Waals surface area contributed by atoms with E-state index in [9.17, 15) is 4.79 Å². The number of carbonyl (C=O) groups excluding carboxylic acids is 1. The number of aromatic nitrogens is 1. The number of hydrogen-bond acceptors (Lipinski definition) is 4. The molecule has 0 aliphatic carbocycles. The van der Waals surface area contributed by atoms with Crippen LogP contribution in [0.4, 0.5) is 0 Å². The second-order valence-electron chi connectivity index (χ2n) is 5.63. The maximum atomic E-state index is 12.2. The summed E-state index contributed by atoms with van der Waals surface area (Å²) in [5, 5.41) is 3.91. The Morgan fingerprint density at radius 3 is 2.52 bits per heavy atom. The molecule has 2 rings (SSSR count). The molecule has 124 valence electrons. The van der Waals surface area contributed by atoms with E-state index in [1.165, 1.54) is 5.56 Å². The Morgan fingerprint density at radius 1 is 1.17 bits per heavy atom. The number of carbonyl (C=O) groups is 1. The van der Waals surface area contributed by atoms with Crippen molar-refractivity contribution in [3.63, 3.8) is 0 Å². The van der Waals surface area contributed by atoms with E-state index in [4.69, 9.17) is 4.52 Å². The molecule has 0 spiro atoms. The molecule has 0 saturated carbocycles. The van der Waals surface area contributed by atoms with Crippen molar-refractivity contribution in [2.45, 2.75) is 26.8 Å². The standard InChI is InChI=1S/C18H25N3O2/c1-4-21(5-2)18(22)17-13-16(23-19-17)14-20(3)12-11-15-9-7-6-8-10-15/h6-10,13H,4-5,11-12,14H2,1-3H3. The fourth-order valence-electron chi connectivity index (χ4n) is 2.47. The van der Waals surface area contributed by atoms with Gasteiger partial charge in [0.25, 0.3) is 5.91 Å². The van der Waals surface area contributed by atoms with Crippen LogP contribution in [0.1, 0.15) is 35.7 Å². The van der Waals surface area contributed by atoms with E-state index in [0.29, 0.717) is 25.3 Å². The minimum atomic E-state index is -0.0723. The number of likely N-dealkylation sites (N-methyl/N-ethyl adjacent to an activating group) is 1. The molecule has 23 heavy (non-hydrogen) atoms. The number of benzene rings is 1. The highest BCUT2D eigenvalue weighted by Gasteiger charge is 2.17. The molecule has 0 saturated heterocycles. The fourth-order valence-corrected chi connectivity index (χ4v) is 2.47. The summed E-state index contributed by atoms with van der Waals surface area (Å²) in [6.45, 7) is 6.83. The minimum absolute atomic E-state index is 0.0723. The van der Waals surface area contributed by atoms with Gasteiger partial charge < -0.3 is 9.42 Å². The topological polar surface area (TPSA) is 49.6 Å². The molecule has 0 atom stereocenters. The summed E-state index contributed by atoms with van der Waals surface area (Å²) in [6, 6.07) is 12.1. The maximum absolute atomic E-state index is 12.2. The van der Waals surface area contributed by atoms with Crippen molar-refractivity contribution in [3.05, 3.63) is 53.4 Å². The minimum Gasteiger partial charge on any atom is -0.359 e. The number of amides is 1. The maximum Gasteiger partial charge on any atom is 0.276 e. The van der Waals surface area contributed by atoms with Crippen LogP contribution in [0.5, 0.6) is 0 Å². The van der Waals surface area contributed by atoms with E-state index in [1.807, 2.05) is 27.0 Å². The molecule has 1 aromatic heterocycles. The zero-order valence-corrected chi connectivity index (χ0v) is 14.2. The molecule has 0 fully saturated rings. The molecule has 5 heteroatoms. The van der Waals surface area contributed by atoms with E-state index < -0.39 is 0 Å². The molecular formula is C18H25N3O2. The van der Waals surface area contributed by atoms with Crippen molar-refractivity contribution in [2.24, 2.45) is 0 Å². The Bertz CT molecular complexity index is 606. The van der Waals surface area contributed by atoms with Gasteiger partial charge in [0.2, 0.25) is 0 Å². The normalized spacial score (nSPS) is 11.0. The molecule has 0 aliphatic rings. The smallest absolute Gasteiger partial charge is 0.276 e. The van der Waals surface area contributed by atoms with Gasteiger partial charge in [0.15, 0.2) is 11.5 Å². The summed E-state index contributed by atoms with van der Waals surface area (Å²) < 4.78 is 5.31. The monoisotopic (exact) mass is 315 g/mol. The van der Waals surface area contributed by atoms with Crippen LogP contribution in [0.2, 0.25) is 0 Å². The Morgan fingerprint density at radius 2 is 1.87 bits per heavy atom. The van der Waals surface area contributed by atoms with Crippen molar-refractivity contribution >= 4 is 5.91 Å². The average Bonchev–Trinajstić information content (AvgIpc) is 3.03. The predicted octanol–water partition coefficient (Wildman–Crippen LogP) is 2.83. The Hall–Kier alpha value is -2.14. The van der Waals surface area contributed by atoms with Gasteiger partial charge in [-0.3, -0.25) is 9.69 Å². The van der Waals surface area contributed by atoms with Gasteiger partial charge in [0.1, 0.15) is 0 Å². The summed E-state index contributed by atoms with van der Waals surface area (Å²) in [5.41, 5.74) is 1.70. The number of rotatable bonds is 8. The molecule has 1 heterocycles. The third-order valence-electron chi connectivity index (χ3n) is 3.88. The zero-order chi connectivity index (χ0) is 16.7. The van der Waals surface area contributed by atoms with E-state index in [2.05, 4.69) is 34.3 Å². The highest BCUT2D eigenvalue weighted by Crippen LogP contribution is 2.10. The van der Waals surface area contributed by atoms with E-state index in [0.717, 1.165) is 18.7 Å². The number of nitrogens with zero attached hydrogens (tertiary/aromatic N) is 3. The molecule has 1 amide bonds. The van der Waals surface area contributed by atoms with Crippen molar-refractivity contribution in [1.82, 2.24) is 15.0 Å². The molecule has 0 unspecified atom stereocenters. The zero-order valence-electron chi connectivity index (χ0n) is 14.2. The van der Waals surface area contributed by atoms with E-state index in [-0.39, 0.29) is 5.91 Å². The molecular weight excluding hydrogens is 290 g/mol. The van der Waals surface area contributed by atoms with Gasteiger partial charge in [-0.1, -0.05) is 35.5 Å². The average molecular weight is 315 g/mol. The first kappa shape index (κ1) is 17.2. The van der Waals surface area contributed by atoms with Crippen molar-refractivity contribution < 1.29 is 9.32 Å². The third kappa shape index (κ3) is 4.93. The molecule has 0 bridgehead atoms. The first-order valence-electron chi connectivity index (χ1n) is 8.11. The van der Waals surface area contributed by atoms with Crippen LogP contribution in [-0.4, -0.2) is 47.5 Å². The molecule has 2 aromatic rings. The summed E-state index contributed by atoms with van der Waals surface area (Å²) in [4.78, 5) is 16.1. The van der Waals surface area contributed by atoms with Crippen LogP contribution in [0.25, 0.3) is 0 Å². The lowest BCUT2D eigenvalue weighted by atomic mass is 10.1. The second-order valence-corrected chi connectivity index (χ2v) is 5.63. The lowest BCUT2D eigenvalue weighted by Crippen LogP contribution is -2.30. The SMILES string of the molecule is CCN(CC)C(=O)c1cc(CN(C)CCc2ccccc2)on1.